The first-order chi connectivity index (χ1) is 9.79. The lowest BCUT2D eigenvalue weighted by Gasteiger charge is -2.12. The van der Waals surface area contributed by atoms with Gasteiger partial charge in [0.1, 0.15) is 16.8 Å². The molecule has 0 spiro atoms. The molecule has 3 heterocycles. The number of rotatable bonds is 1. The van der Waals surface area contributed by atoms with Crippen LogP contribution >= 0.6 is 11.3 Å². The summed E-state index contributed by atoms with van der Waals surface area (Å²) in [5, 5.41) is 17.3. The van der Waals surface area contributed by atoms with E-state index in [2.05, 4.69) is 16.3 Å². The van der Waals surface area contributed by atoms with Crippen molar-refractivity contribution in [1.82, 2.24) is 10.2 Å². The Morgan fingerprint density at radius 1 is 1.45 bits per heavy atom. The molecule has 0 bridgehead atoms. The van der Waals surface area contributed by atoms with Gasteiger partial charge in [-0.3, -0.25) is 5.10 Å². The van der Waals surface area contributed by atoms with Crippen LogP contribution in [0.4, 0.5) is 5.00 Å². The van der Waals surface area contributed by atoms with Crippen LogP contribution < -0.4 is 5.73 Å². The highest BCUT2D eigenvalue weighted by Crippen LogP contribution is 2.46. The van der Waals surface area contributed by atoms with Gasteiger partial charge in [0, 0.05) is 16.1 Å². The van der Waals surface area contributed by atoms with Crippen molar-refractivity contribution in [3.63, 3.8) is 0 Å². The molecule has 4 rings (SSSR count). The topological polar surface area (TPSA) is 91.6 Å². The van der Waals surface area contributed by atoms with Crippen LogP contribution in [0.25, 0.3) is 21.9 Å². The molecule has 5 nitrogen and oxygen atoms in total. The third kappa shape index (κ3) is 1.38. The number of furan rings is 1. The van der Waals surface area contributed by atoms with E-state index < -0.39 is 0 Å². The van der Waals surface area contributed by atoms with E-state index in [0.29, 0.717) is 10.6 Å². The average Bonchev–Trinajstić information content (AvgIpc) is 3.14. The summed E-state index contributed by atoms with van der Waals surface area (Å²) in [4.78, 5) is 1.04. The molecule has 98 valence electrons. The van der Waals surface area contributed by atoms with Crippen LogP contribution in [-0.2, 0) is 12.8 Å². The number of hydrogen-bond donors (Lipinski definition) is 2. The van der Waals surface area contributed by atoms with Crippen molar-refractivity contribution in [2.24, 2.45) is 0 Å². The molecule has 0 aromatic carbocycles. The number of nitrogens with zero attached hydrogens (tertiary/aromatic N) is 2. The van der Waals surface area contributed by atoms with Gasteiger partial charge in [0.15, 0.2) is 5.76 Å². The van der Waals surface area contributed by atoms with Gasteiger partial charge in [-0.2, -0.15) is 10.4 Å². The molecule has 20 heavy (non-hydrogen) atoms. The molecule has 0 atom stereocenters. The summed E-state index contributed by atoms with van der Waals surface area (Å²) in [7, 11) is 0. The minimum atomic E-state index is 0.581. The Labute approximate surface area is 118 Å². The van der Waals surface area contributed by atoms with Crippen LogP contribution in [0.1, 0.15) is 16.8 Å². The highest BCUT2D eigenvalue weighted by Gasteiger charge is 2.29. The fraction of sp³-hybridized carbons (Fsp3) is 0.143. The van der Waals surface area contributed by atoms with Crippen molar-refractivity contribution in [3.8, 4) is 28.0 Å². The summed E-state index contributed by atoms with van der Waals surface area (Å²) in [6.07, 6.45) is 3.28. The molecule has 0 aliphatic heterocycles. The first kappa shape index (κ1) is 11.3. The van der Waals surface area contributed by atoms with Crippen LogP contribution in [0.2, 0.25) is 0 Å². The predicted molar refractivity (Wildman–Crippen MR) is 76.1 cm³/mol. The number of fused-ring (bicyclic) bond motifs is 3. The van der Waals surface area contributed by atoms with Crippen LogP contribution in [0.3, 0.4) is 0 Å². The molecule has 0 saturated heterocycles. The van der Waals surface area contributed by atoms with Gasteiger partial charge in [-0.05, 0) is 30.5 Å². The second-order valence-electron chi connectivity index (χ2n) is 4.66. The Balaban J connectivity index is 2.00. The Morgan fingerprint density at radius 2 is 2.35 bits per heavy atom. The van der Waals surface area contributed by atoms with Gasteiger partial charge < -0.3 is 10.2 Å². The number of aromatic nitrogens is 2. The minimum absolute atomic E-state index is 0.581. The molecule has 3 aromatic heterocycles. The van der Waals surface area contributed by atoms with Crippen molar-refractivity contribution >= 4 is 16.3 Å². The molecule has 1 aliphatic carbocycles. The fourth-order valence-corrected chi connectivity index (χ4v) is 3.83. The monoisotopic (exact) mass is 282 g/mol. The Bertz CT molecular complexity index is 836. The van der Waals surface area contributed by atoms with Gasteiger partial charge in [0.05, 0.1) is 11.8 Å². The molecule has 0 radical (unpaired) electrons. The zero-order valence-corrected chi connectivity index (χ0v) is 11.3. The van der Waals surface area contributed by atoms with E-state index in [1.54, 1.807) is 6.26 Å². The second kappa shape index (κ2) is 3.99. The highest BCUT2D eigenvalue weighted by molar-refractivity contribution is 7.19. The van der Waals surface area contributed by atoms with Crippen molar-refractivity contribution < 1.29 is 4.42 Å². The van der Waals surface area contributed by atoms with Crippen LogP contribution in [0.5, 0.6) is 0 Å². The largest absolute Gasteiger partial charge is 0.463 e. The summed E-state index contributed by atoms with van der Waals surface area (Å²) in [5.41, 5.74) is 10.5. The quantitative estimate of drug-likeness (QED) is 0.717. The number of H-pyrrole nitrogens is 1. The van der Waals surface area contributed by atoms with Crippen LogP contribution in [0, 0.1) is 11.3 Å². The van der Waals surface area contributed by atoms with E-state index in [1.165, 1.54) is 11.3 Å². The number of anilines is 1. The number of nitrogen functional groups attached to an aromatic ring is 1. The van der Waals surface area contributed by atoms with Gasteiger partial charge >= 0.3 is 0 Å². The fourth-order valence-electron chi connectivity index (χ4n) is 2.69. The van der Waals surface area contributed by atoms with E-state index >= 15 is 0 Å². The van der Waals surface area contributed by atoms with Gasteiger partial charge in [-0.1, -0.05) is 0 Å². The standard InChI is InChI=1S/C14H10N4OS/c15-6-8-7-3-4-9-11(13(7)20-14(8)16)12(18-17-9)10-2-1-5-19-10/h1-2,5H,3-4,16H2,(H,17,18). The van der Waals surface area contributed by atoms with E-state index in [9.17, 15) is 5.26 Å². The van der Waals surface area contributed by atoms with Crippen LogP contribution in [-0.4, -0.2) is 10.2 Å². The lowest BCUT2D eigenvalue weighted by Crippen LogP contribution is -2.02. The van der Waals surface area contributed by atoms with Crippen molar-refractivity contribution in [1.29, 1.82) is 5.26 Å². The van der Waals surface area contributed by atoms with Gasteiger partial charge in [0.25, 0.3) is 0 Å². The molecular weight excluding hydrogens is 272 g/mol. The summed E-state index contributed by atoms with van der Waals surface area (Å²) in [5.74, 6) is 0.723. The molecule has 3 aromatic rings. The molecule has 3 N–H and O–H groups in total. The number of hydrogen-bond acceptors (Lipinski definition) is 5. The number of aryl methyl sites for hydroxylation is 1. The minimum Gasteiger partial charge on any atom is -0.463 e. The Morgan fingerprint density at radius 3 is 3.10 bits per heavy atom. The second-order valence-corrected chi connectivity index (χ2v) is 5.72. The van der Waals surface area contributed by atoms with Crippen LogP contribution in [0.15, 0.2) is 22.8 Å². The van der Waals surface area contributed by atoms with Gasteiger partial charge in [-0.25, -0.2) is 0 Å². The molecule has 0 amide bonds. The average molecular weight is 282 g/mol. The van der Waals surface area contributed by atoms with E-state index in [0.717, 1.165) is 46.0 Å². The molecular formula is C14H10N4OS. The molecule has 0 saturated carbocycles. The molecule has 0 unspecified atom stereocenters. The maximum absolute atomic E-state index is 9.25. The van der Waals surface area contributed by atoms with Crippen molar-refractivity contribution in [2.45, 2.75) is 12.8 Å². The number of aromatic amines is 1. The third-order valence-electron chi connectivity index (χ3n) is 3.59. The van der Waals surface area contributed by atoms with Crippen molar-refractivity contribution in [3.05, 3.63) is 35.2 Å². The smallest absolute Gasteiger partial charge is 0.154 e. The lowest BCUT2D eigenvalue weighted by atomic mass is 9.92. The number of nitriles is 1. The third-order valence-corrected chi connectivity index (χ3v) is 4.67. The number of nitrogens with two attached hydrogens (primary N) is 1. The predicted octanol–water partition coefficient (Wildman–Crippen LogP) is 2.95. The van der Waals surface area contributed by atoms with Crippen molar-refractivity contribution in [2.75, 3.05) is 5.73 Å². The summed E-state index contributed by atoms with van der Waals surface area (Å²) in [6, 6.07) is 5.93. The summed E-state index contributed by atoms with van der Waals surface area (Å²) in [6.45, 7) is 0. The maximum atomic E-state index is 9.25. The zero-order valence-electron chi connectivity index (χ0n) is 10.4. The van der Waals surface area contributed by atoms with E-state index in [4.69, 9.17) is 10.2 Å². The van der Waals surface area contributed by atoms with Gasteiger partial charge in [-0.15, -0.1) is 11.3 Å². The zero-order chi connectivity index (χ0) is 13.7. The van der Waals surface area contributed by atoms with Gasteiger partial charge in [0.2, 0.25) is 0 Å². The maximum Gasteiger partial charge on any atom is 0.154 e. The Hall–Kier alpha value is -2.52. The molecule has 0 fully saturated rings. The normalized spacial score (nSPS) is 12.8. The van der Waals surface area contributed by atoms with E-state index in [-0.39, 0.29) is 0 Å². The van der Waals surface area contributed by atoms with E-state index in [1.807, 2.05) is 12.1 Å². The highest BCUT2D eigenvalue weighted by atomic mass is 32.1. The Kier molecular flexibility index (Phi) is 2.26. The first-order valence-corrected chi connectivity index (χ1v) is 7.04. The number of nitrogens with one attached hydrogen (secondary N) is 1. The molecule has 6 heteroatoms. The SMILES string of the molecule is N#Cc1c(N)sc2c1CCc1[nH]nc(-c3ccco3)c1-2. The first-order valence-electron chi connectivity index (χ1n) is 6.22. The summed E-state index contributed by atoms with van der Waals surface area (Å²) < 4.78 is 5.45. The molecule has 1 aliphatic rings. The lowest BCUT2D eigenvalue weighted by molar-refractivity contribution is 0.580. The number of thiophene rings is 1. The summed E-state index contributed by atoms with van der Waals surface area (Å²) >= 11 is 1.45.